The van der Waals surface area contributed by atoms with Gasteiger partial charge in [-0.15, -0.1) is 0 Å². The molecule has 2 N–H and O–H groups in total. The van der Waals surface area contributed by atoms with Gasteiger partial charge in [0.25, 0.3) is 0 Å². The fourth-order valence-corrected chi connectivity index (χ4v) is 5.14. The molecule has 45 heavy (non-hydrogen) atoms. The number of aromatic nitrogens is 2. The Bertz CT molecular complexity index is 1780. The molecule has 8 nitrogen and oxygen atoms in total. The number of para-hydroxylation sites is 1. The number of nitrogens with zero attached hydrogens (tertiary/aromatic N) is 2. The van der Waals surface area contributed by atoms with Crippen molar-refractivity contribution in [3.63, 3.8) is 0 Å². The van der Waals surface area contributed by atoms with E-state index < -0.39 is 0 Å². The molecule has 0 radical (unpaired) electrons. The molecule has 5 aromatic rings. The molecule has 0 amide bonds. The van der Waals surface area contributed by atoms with Crippen molar-refractivity contribution in [2.75, 3.05) is 12.3 Å². The number of aryl methyl sites for hydroxylation is 2. The van der Waals surface area contributed by atoms with Crippen LogP contribution in [0.1, 0.15) is 55.6 Å². The molecule has 0 spiro atoms. The quantitative estimate of drug-likeness (QED) is 0.103. The van der Waals surface area contributed by atoms with Gasteiger partial charge in [-0.25, -0.2) is 4.98 Å². The summed E-state index contributed by atoms with van der Waals surface area (Å²) in [5, 5.41) is 0.663. The zero-order chi connectivity index (χ0) is 31.9. The summed E-state index contributed by atoms with van der Waals surface area (Å²) in [6, 6.07) is 24.8. The second-order valence-electron chi connectivity index (χ2n) is 11.0. The summed E-state index contributed by atoms with van der Waals surface area (Å²) in [4.78, 5) is 16.8. The van der Waals surface area contributed by atoms with Crippen LogP contribution in [0.3, 0.4) is 0 Å². The van der Waals surface area contributed by atoms with Gasteiger partial charge in [-0.1, -0.05) is 55.8 Å². The van der Waals surface area contributed by atoms with Crippen LogP contribution in [0.2, 0.25) is 5.02 Å². The van der Waals surface area contributed by atoms with Gasteiger partial charge in [0, 0.05) is 30.6 Å². The van der Waals surface area contributed by atoms with Gasteiger partial charge >= 0.3 is 5.97 Å². The van der Waals surface area contributed by atoms with E-state index in [0.717, 1.165) is 33.5 Å². The van der Waals surface area contributed by atoms with Gasteiger partial charge in [0.1, 0.15) is 36.3 Å². The molecule has 4 aromatic carbocycles. The third-order valence-electron chi connectivity index (χ3n) is 7.51. The molecule has 234 valence electrons. The first-order valence-corrected chi connectivity index (χ1v) is 15.4. The zero-order valence-electron chi connectivity index (χ0n) is 26.0. The maximum atomic E-state index is 12.0. The summed E-state index contributed by atoms with van der Waals surface area (Å²) in [7, 11) is 1.95. The number of benzene rings is 4. The third-order valence-corrected chi connectivity index (χ3v) is 7.76. The Morgan fingerprint density at radius 2 is 1.71 bits per heavy atom. The molecule has 0 unspecified atom stereocenters. The Kier molecular flexibility index (Phi) is 10.1. The van der Waals surface area contributed by atoms with Gasteiger partial charge in [-0.05, 0) is 72.4 Å². The Morgan fingerprint density at radius 3 is 2.47 bits per heavy atom. The molecule has 5 rings (SSSR count). The minimum absolute atomic E-state index is 0.240. The standard InChI is InChI=1S/C36H38ClN3O5/c1-5-42-35(41)18-12-25-11-15-27(20-33(25)44-21-24-9-13-26(37)14-10-24)43-22-34-39-30-17-16-28(19-31(30)40(34)4)45-32-8-6-7-29(23(2)3)36(32)38/h6-11,13-17,19-20,23H,5,12,18,21-22,38H2,1-4H3. The van der Waals surface area contributed by atoms with E-state index >= 15 is 0 Å². The SMILES string of the molecule is CCOC(=O)CCc1ccc(OCc2nc3ccc(Oc4cccc(C(C)C)c4N)cc3n2C)cc1OCc1ccc(Cl)cc1. The number of carbonyl (C=O) groups excluding carboxylic acids is 1. The largest absolute Gasteiger partial charge is 0.488 e. The van der Waals surface area contributed by atoms with E-state index in [9.17, 15) is 4.79 Å². The van der Waals surface area contributed by atoms with Gasteiger partial charge in [0.15, 0.2) is 5.75 Å². The van der Waals surface area contributed by atoms with Crippen molar-refractivity contribution in [1.29, 1.82) is 0 Å². The number of hydrogen-bond acceptors (Lipinski definition) is 7. The second-order valence-corrected chi connectivity index (χ2v) is 11.5. The lowest BCUT2D eigenvalue weighted by molar-refractivity contribution is -0.143. The number of ether oxygens (including phenoxy) is 4. The lowest BCUT2D eigenvalue weighted by Crippen LogP contribution is -2.07. The Labute approximate surface area is 268 Å². The lowest BCUT2D eigenvalue weighted by atomic mass is 10.0. The molecule has 0 aliphatic heterocycles. The number of nitrogen functional groups attached to an aromatic ring is 1. The van der Waals surface area contributed by atoms with Crippen LogP contribution in [0.25, 0.3) is 11.0 Å². The number of halogens is 1. The van der Waals surface area contributed by atoms with Crippen LogP contribution in [0.5, 0.6) is 23.0 Å². The van der Waals surface area contributed by atoms with Crippen LogP contribution in [0, 0.1) is 0 Å². The van der Waals surface area contributed by atoms with Crippen LogP contribution < -0.4 is 19.9 Å². The van der Waals surface area contributed by atoms with Crippen molar-refractivity contribution in [2.24, 2.45) is 7.05 Å². The molecule has 0 aliphatic rings. The average Bonchev–Trinajstić information content (AvgIpc) is 3.34. The second kappa shape index (κ2) is 14.4. The van der Waals surface area contributed by atoms with Gasteiger partial charge < -0.3 is 29.2 Å². The number of anilines is 1. The monoisotopic (exact) mass is 627 g/mol. The highest BCUT2D eigenvalue weighted by molar-refractivity contribution is 6.30. The Balaban J connectivity index is 1.31. The number of nitrogens with two attached hydrogens (primary N) is 1. The molecule has 0 bridgehead atoms. The fourth-order valence-electron chi connectivity index (χ4n) is 5.02. The molecule has 0 aliphatic carbocycles. The zero-order valence-corrected chi connectivity index (χ0v) is 26.8. The van der Waals surface area contributed by atoms with E-state index in [0.29, 0.717) is 59.3 Å². The summed E-state index contributed by atoms with van der Waals surface area (Å²) in [5.74, 6) is 3.36. The minimum atomic E-state index is -0.246. The molecular weight excluding hydrogens is 590 g/mol. The van der Waals surface area contributed by atoms with Crippen molar-refractivity contribution >= 4 is 34.3 Å². The van der Waals surface area contributed by atoms with Crippen molar-refractivity contribution in [1.82, 2.24) is 9.55 Å². The highest BCUT2D eigenvalue weighted by atomic mass is 35.5. The van der Waals surface area contributed by atoms with Gasteiger partial charge in [-0.3, -0.25) is 4.79 Å². The van der Waals surface area contributed by atoms with E-state index in [4.69, 9.17) is 41.3 Å². The molecule has 9 heteroatoms. The highest BCUT2D eigenvalue weighted by Gasteiger charge is 2.15. The number of fused-ring (bicyclic) bond motifs is 1. The predicted molar refractivity (Wildman–Crippen MR) is 177 cm³/mol. The number of carbonyl (C=O) groups is 1. The van der Waals surface area contributed by atoms with Crippen molar-refractivity contribution in [3.8, 4) is 23.0 Å². The number of rotatable bonds is 13. The molecule has 1 heterocycles. The first-order chi connectivity index (χ1) is 21.7. The average molecular weight is 628 g/mol. The molecule has 0 saturated carbocycles. The third kappa shape index (κ3) is 7.88. The van der Waals surface area contributed by atoms with Crippen LogP contribution in [-0.4, -0.2) is 22.1 Å². The van der Waals surface area contributed by atoms with Crippen LogP contribution in [0.4, 0.5) is 5.69 Å². The molecular formula is C36H38ClN3O5. The molecule has 0 fully saturated rings. The summed E-state index contributed by atoms with van der Waals surface area (Å²) >= 11 is 6.04. The Hall–Kier alpha value is -4.69. The lowest BCUT2D eigenvalue weighted by Gasteiger charge is -2.14. The van der Waals surface area contributed by atoms with E-state index in [1.54, 1.807) is 6.92 Å². The number of imidazole rings is 1. The molecule has 0 atom stereocenters. The van der Waals surface area contributed by atoms with Crippen LogP contribution >= 0.6 is 11.6 Å². The van der Waals surface area contributed by atoms with Gasteiger partial charge in [0.2, 0.25) is 0 Å². The Morgan fingerprint density at radius 1 is 0.933 bits per heavy atom. The van der Waals surface area contributed by atoms with Gasteiger partial charge in [-0.2, -0.15) is 0 Å². The van der Waals surface area contributed by atoms with Crippen LogP contribution in [0.15, 0.2) is 78.9 Å². The van der Waals surface area contributed by atoms with E-state index in [2.05, 4.69) is 13.8 Å². The fraction of sp³-hybridized carbons (Fsp3) is 0.278. The predicted octanol–water partition coefficient (Wildman–Crippen LogP) is 8.38. The minimum Gasteiger partial charge on any atom is -0.488 e. The van der Waals surface area contributed by atoms with Crippen molar-refractivity contribution < 1.29 is 23.7 Å². The number of esters is 1. The highest BCUT2D eigenvalue weighted by Crippen LogP contribution is 2.35. The smallest absolute Gasteiger partial charge is 0.306 e. The maximum Gasteiger partial charge on any atom is 0.306 e. The van der Waals surface area contributed by atoms with E-state index in [-0.39, 0.29) is 19.0 Å². The van der Waals surface area contributed by atoms with Crippen LogP contribution in [-0.2, 0) is 36.2 Å². The molecule has 1 aromatic heterocycles. The van der Waals surface area contributed by atoms with Crippen molar-refractivity contribution in [3.05, 3.63) is 106 Å². The summed E-state index contributed by atoms with van der Waals surface area (Å²) < 4.78 is 25.7. The van der Waals surface area contributed by atoms with E-state index in [1.807, 2.05) is 90.5 Å². The number of hydrogen-bond donors (Lipinski definition) is 1. The summed E-state index contributed by atoms with van der Waals surface area (Å²) in [5.41, 5.74) is 11.7. The topological polar surface area (TPSA) is 97.8 Å². The first-order valence-electron chi connectivity index (χ1n) is 15.0. The first kappa shape index (κ1) is 31.7. The normalized spacial score (nSPS) is 11.2. The summed E-state index contributed by atoms with van der Waals surface area (Å²) in [6.45, 7) is 6.94. The maximum absolute atomic E-state index is 12.0. The molecule has 0 saturated heterocycles. The van der Waals surface area contributed by atoms with Crippen molar-refractivity contribution in [2.45, 2.75) is 52.7 Å². The summed E-state index contributed by atoms with van der Waals surface area (Å²) in [6.07, 6.45) is 0.740. The van der Waals surface area contributed by atoms with Gasteiger partial charge in [0.05, 0.1) is 23.3 Å². The van der Waals surface area contributed by atoms with E-state index in [1.165, 1.54) is 0 Å².